The number of thiophene rings is 1. The highest BCUT2D eigenvalue weighted by Crippen LogP contribution is 2.55. The highest BCUT2D eigenvalue weighted by molar-refractivity contribution is 7.86. The van der Waals surface area contributed by atoms with Crippen molar-refractivity contribution < 1.29 is 39.3 Å². The Hall–Kier alpha value is -1.33. The summed E-state index contributed by atoms with van der Waals surface area (Å²) in [4.78, 5) is 0.648. The van der Waals surface area contributed by atoms with Crippen LogP contribution >= 0.6 is 10.5 Å². The molecule has 1 fully saturated rings. The van der Waals surface area contributed by atoms with Gasteiger partial charge in [0.2, 0.25) is 0 Å². The molecule has 0 saturated heterocycles. The molecule has 1 aromatic carbocycles. The molecule has 0 spiro atoms. The molecular formula is C20H24F6O3S2. The molecule has 176 valence electrons. The third-order valence-electron chi connectivity index (χ3n) is 5.23. The predicted octanol–water partition coefficient (Wildman–Crippen LogP) is 7.68. The number of hydrogen-bond acceptors (Lipinski definition) is 3. The molecule has 0 bridgehead atoms. The molecule has 3 nitrogen and oxygen atoms in total. The van der Waals surface area contributed by atoms with Crippen LogP contribution in [0.2, 0.25) is 0 Å². The molecular weight excluding hydrogens is 466 g/mol. The van der Waals surface area contributed by atoms with E-state index in [1.807, 2.05) is 32.0 Å². The van der Waals surface area contributed by atoms with Crippen molar-refractivity contribution in [3.63, 3.8) is 0 Å². The van der Waals surface area contributed by atoms with E-state index in [-0.39, 0.29) is 11.8 Å². The third kappa shape index (κ3) is 6.58. The smallest absolute Gasteiger partial charge is 0.600 e. The minimum Gasteiger partial charge on any atom is -0.741 e. The molecule has 1 aromatic heterocycles. The van der Waals surface area contributed by atoms with Gasteiger partial charge in [0.25, 0.3) is 0 Å². The molecule has 1 aliphatic rings. The zero-order valence-corrected chi connectivity index (χ0v) is 18.6. The lowest BCUT2D eigenvalue weighted by Gasteiger charge is -2.10. The van der Waals surface area contributed by atoms with Gasteiger partial charge in [0.1, 0.15) is 0 Å². The minimum absolute atomic E-state index is 0.109. The molecule has 0 aliphatic heterocycles. The van der Waals surface area contributed by atoms with Crippen LogP contribution in [0, 0.1) is 0 Å². The van der Waals surface area contributed by atoms with Gasteiger partial charge in [0.05, 0.1) is 10.5 Å². The first-order valence-corrected chi connectivity index (χ1v) is 12.4. The van der Waals surface area contributed by atoms with Crippen molar-refractivity contribution in [1.29, 1.82) is 0 Å². The first-order valence-electron chi connectivity index (χ1n) is 9.81. The van der Waals surface area contributed by atoms with Crippen molar-refractivity contribution in [2.45, 2.75) is 75.2 Å². The lowest BCUT2D eigenvalue weighted by atomic mass is 9.98. The van der Waals surface area contributed by atoms with E-state index in [9.17, 15) is 26.3 Å². The number of halogens is 6. The topological polar surface area (TPSA) is 57.2 Å². The maximum atomic E-state index is 13.9. The van der Waals surface area contributed by atoms with Gasteiger partial charge < -0.3 is 4.55 Å². The molecule has 1 heterocycles. The maximum absolute atomic E-state index is 13.9. The zero-order valence-electron chi connectivity index (χ0n) is 17.0. The van der Waals surface area contributed by atoms with Gasteiger partial charge in [-0.15, -0.1) is 13.2 Å². The minimum atomic E-state index is -6.09. The molecule has 0 amide bonds. The van der Waals surface area contributed by atoms with Gasteiger partial charge in [-0.1, -0.05) is 45.6 Å². The number of alkyl halides is 6. The van der Waals surface area contributed by atoms with Crippen LogP contribution in [0.25, 0.3) is 10.1 Å². The predicted molar refractivity (Wildman–Crippen MR) is 108 cm³/mol. The van der Waals surface area contributed by atoms with Gasteiger partial charge in [0, 0.05) is 23.4 Å². The van der Waals surface area contributed by atoms with E-state index >= 15 is 0 Å². The molecule has 0 radical (unpaired) electrons. The second-order valence-corrected chi connectivity index (χ2v) is 11.2. The van der Waals surface area contributed by atoms with Crippen molar-refractivity contribution >= 4 is 30.7 Å². The molecule has 1 saturated carbocycles. The second kappa shape index (κ2) is 9.66. The standard InChI is InChI=1S/C19H24F3S.CHF3O3S/c1-13(2)15-9-10-16-12-17(14-7-5-3-4-6-8-14)23(18(16)11-15)19(20,21)22;2-1(3,4)8(5,6)7/h9-14H,3-8H2,1-2H3;(H,5,6,7)/q+1;/p-1. The van der Waals surface area contributed by atoms with Crippen LogP contribution in [-0.2, 0) is 15.6 Å². The third-order valence-corrected chi connectivity index (χ3v) is 7.98. The van der Waals surface area contributed by atoms with Crippen LogP contribution in [0.1, 0.15) is 74.6 Å². The molecule has 1 unspecified atom stereocenters. The maximum Gasteiger partial charge on any atom is 0.600 e. The number of rotatable bonds is 2. The Kier molecular flexibility index (Phi) is 8.08. The van der Waals surface area contributed by atoms with Crippen molar-refractivity contribution in [3.8, 4) is 0 Å². The summed E-state index contributed by atoms with van der Waals surface area (Å²) in [6, 6.07) is 7.52. The van der Waals surface area contributed by atoms with Crippen molar-refractivity contribution in [2.75, 3.05) is 0 Å². The summed E-state index contributed by atoms with van der Waals surface area (Å²) in [5.41, 5.74) is -8.81. The van der Waals surface area contributed by atoms with Gasteiger partial charge in [-0.2, -0.15) is 13.2 Å². The molecule has 1 atom stereocenters. The zero-order chi connectivity index (χ0) is 23.6. The van der Waals surface area contributed by atoms with Gasteiger partial charge in [-0.25, -0.2) is 8.42 Å². The Labute approximate surface area is 180 Å². The fourth-order valence-corrected chi connectivity index (χ4v) is 5.85. The van der Waals surface area contributed by atoms with E-state index in [2.05, 4.69) is 0 Å². The second-order valence-electron chi connectivity index (χ2n) is 7.84. The van der Waals surface area contributed by atoms with Gasteiger partial charge >= 0.3 is 11.0 Å². The Bertz CT molecular complexity index is 983. The molecule has 1 aliphatic carbocycles. The molecule has 3 rings (SSSR count). The Balaban J connectivity index is 0.000000366. The van der Waals surface area contributed by atoms with Gasteiger partial charge in [-0.3, -0.25) is 0 Å². The highest BCUT2D eigenvalue weighted by Gasteiger charge is 2.49. The first kappa shape index (κ1) is 25.9. The molecule has 11 heteroatoms. The van der Waals surface area contributed by atoms with Crippen LogP contribution in [0.3, 0.4) is 0 Å². The fraction of sp³-hybridized carbons (Fsp3) is 0.600. The average Bonchev–Trinajstić information content (AvgIpc) is 2.79. The quantitative estimate of drug-likeness (QED) is 0.143. The number of fused-ring (bicyclic) bond motifs is 1. The van der Waals surface area contributed by atoms with E-state index in [1.165, 1.54) is 0 Å². The monoisotopic (exact) mass is 490 g/mol. The van der Waals surface area contributed by atoms with Crippen molar-refractivity contribution in [1.82, 2.24) is 0 Å². The highest BCUT2D eigenvalue weighted by atomic mass is 32.2. The van der Waals surface area contributed by atoms with Gasteiger partial charge in [-0.05, 0) is 30.4 Å². The Morgan fingerprint density at radius 1 is 0.968 bits per heavy atom. The lowest BCUT2D eigenvalue weighted by molar-refractivity contribution is -0.0868. The first-order chi connectivity index (χ1) is 14.1. The fourth-order valence-electron chi connectivity index (χ4n) is 3.65. The largest absolute Gasteiger partial charge is 0.741 e. The van der Waals surface area contributed by atoms with Crippen LogP contribution in [0.15, 0.2) is 24.3 Å². The molecule has 31 heavy (non-hydrogen) atoms. The SMILES string of the molecule is CC(C)c1ccc2cc(C3CCCCCC3)[s+](C(F)(F)F)c2c1.O=S(=O)([O-])C(F)(F)F. The van der Waals surface area contributed by atoms with Crippen LogP contribution in [0.5, 0.6) is 0 Å². The lowest BCUT2D eigenvalue weighted by Crippen LogP contribution is -2.21. The number of benzene rings is 1. The van der Waals surface area contributed by atoms with Crippen molar-refractivity contribution in [3.05, 3.63) is 34.7 Å². The number of hydrogen-bond donors (Lipinski definition) is 0. The summed E-state index contributed by atoms with van der Waals surface area (Å²) in [5, 5.41) is 0.786. The van der Waals surface area contributed by atoms with E-state index in [0.717, 1.165) is 49.5 Å². The van der Waals surface area contributed by atoms with E-state index in [4.69, 9.17) is 13.0 Å². The van der Waals surface area contributed by atoms with E-state index in [1.54, 1.807) is 6.07 Å². The summed E-state index contributed by atoms with van der Waals surface area (Å²) in [5.74, 6) is 0.360. The Morgan fingerprint density at radius 2 is 1.48 bits per heavy atom. The Morgan fingerprint density at radius 3 is 1.90 bits per heavy atom. The van der Waals surface area contributed by atoms with E-state index < -0.39 is 31.6 Å². The van der Waals surface area contributed by atoms with Gasteiger partial charge in [0.15, 0.2) is 19.7 Å². The van der Waals surface area contributed by atoms with Crippen molar-refractivity contribution in [2.24, 2.45) is 0 Å². The van der Waals surface area contributed by atoms with Crippen LogP contribution in [0.4, 0.5) is 26.3 Å². The summed E-state index contributed by atoms with van der Waals surface area (Å²) in [7, 11) is -7.82. The molecule has 2 aromatic rings. The summed E-state index contributed by atoms with van der Waals surface area (Å²) in [6.07, 6.45) is 6.27. The van der Waals surface area contributed by atoms with E-state index in [0.29, 0.717) is 9.58 Å². The average molecular weight is 491 g/mol. The summed E-state index contributed by atoms with van der Waals surface area (Å²) >= 11 is 0. The van der Waals surface area contributed by atoms with Crippen LogP contribution in [-0.4, -0.2) is 18.5 Å². The van der Waals surface area contributed by atoms with Crippen LogP contribution < -0.4 is 0 Å². The normalized spacial score (nSPS) is 17.4. The molecule has 0 N–H and O–H groups in total. The summed E-state index contributed by atoms with van der Waals surface area (Å²) < 4.78 is 101. The summed E-state index contributed by atoms with van der Waals surface area (Å²) in [6.45, 7) is 4.06.